The lowest BCUT2D eigenvalue weighted by Gasteiger charge is -2.28. The smallest absolute Gasteiger partial charge is 0.174 e. The van der Waals surface area contributed by atoms with Crippen molar-refractivity contribution in [2.24, 2.45) is 0 Å². The summed E-state index contributed by atoms with van der Waals surface area (Å²) in [5, 5.41) is 4.20. The van der Waals surface area contributed by atoms with Crippen molar-refractivity contribution in [1.82, 2.24) is 14.9 Å². The zero-order valence-corrected chi connectivity index (χ0v) is 16.5. The van der Waals surface area contributed by atoms with Crippen molar-refractivity contribution >= 4 is 23.0 Å². The zero-order chi connectivity index (χ0) is 19.6. The molecule has 1 aliphatic rings. The summed E-state index contributed by atoms with van der Waals surface area (Å²) in [6.07, 6.45) is 5.61. The summed E-state index contributed by atoms with van der Waals surface area (Å²) in [7, 11) is 0. The third kappa shape index (κ3) is 3.32. The number of aromatic nitrogens is 2. The Kier molecular flexibility index (Phi) is 4.62. The van der Waals surface area contributed by atoms with Crippen LogP contribution in [0, 0.1) is 0 Å². The molecule has 0 unspecified atom stereocenters. The molecule has 1 saturated heterocycles. The molecular formula is C23H20N4OS. The Hall–Kier alpha value is -3.38. The molecule has 4 heterocycles. The minimum atomic E-state index is -0.0610. The van der Waals surface area contributed by atoms with Crippen LogP contribution in [0.5, 0.6) is 0 Å². The zero-order valence-electron chi connectivity index (χ0n) is 15.7. The van der Waals surface area contributed by atoms with Gasteiger partial charge in [0.05, 0.1) is 24.5 Å². The fourth-order valence-corrected chi connectivity index (χ4v) is 4.28. The molecular weight excluding hydrogens is 380 g/mol. The maximum absolute atomic E-state index is 5.77. The second-order valence-electron chi connectivity index (χ2n) is 6.97. The van der Waals surface area contributed by atoms with Crippen molar-refractivity contribution in [3.8, 4) is 0 Å². The lowest BCUT2D eigenvalue weighted by molar-refractivity contribution is 0.475. The average Bonchev–Trinajstić information content (AvgIpc) is 3.50. The third-order valence-corrected chi connectivity index (χ3v) is 5.52. The second-order valence-corrected chi connectivity index (χ2v) is 7.36. The summed E-state index contributed by atoms with van der Waals surface area (Å²) < 4.78 is 7.79. The maximum Gasteiger partial charge on any atom is 0.174 e. The molecule has 1 fully saturated rings. The number of benzene rings is 1. The van der Waals surface area contributed by atoms with Gasteiger partial charge in [-0.05, 0) is 60.7 Å². The SMILES string of the molecule is S=C1N[C@@H](c2ccccn2)[C@@H](c2cccn2Cc2ccco2)N1c1ccccc1. The van der Waals surface area contributed by atoms with E-state index in [1.54, 1.807) is 6.26 Å². The lowest BCUT2D eigenvalue weighted by atomic mass is 10.0. The minimum Gasteiger partial charge on any atom is -0.467 e. The van der Waals surface area contributed by atoms with Crippen LogP contribution in [0.2, 0.25) is 0 Å². The van der Waals surface area contributed by atoms with Gasteiger partial charge in [-0.1, -0.05) is 24.3 Å². The van der Waals surface area contributed by atoms with Gasteiger partial charge in [-0.15, -0.1) is 0 Å². The molecule has 0 radical (unpaired) electrons. The Morgan fingerprint density at radius 2 is 1.83 bits per heavy atom. The molecule has 5 rings (SSSR count). The molecule has 0 bridgehead atoms. The van der Waals surface area contributed by atoms with Crippen molar-refractivity contribution in [1.29, 1.82) is 0 Å². The van der Waals surface area contributed by atoms with Crippen LogP contribution in [-0.2, 0) is 6.54 Å². The van der Waals surface area contributed by atoms with Gasteiger partial charge in [0, 0.05) is 23.8 Å². The molecule has 144 valence electrons. The summed E-state index contributed by atoms with van der Waals surface area (Å²) in [5.41, 5.74) is 3.16. The molecule has 4 aromatic rings. The van der Waals surface area contributed by atoms with Crippen molar-refractivity contribution in [2.45, 2.75) is 18.6 Å². The van der Waals surface area contributed by atoms with Gasteiger partial charge in [0.15, 0.2) is 5.11 Å². The number of anilines is 1. The molecule has 1 N–H and O–H groups in total. The number of nitrogens with one attached hydrogen (secondary N) is 1. The normalized spacial score (nSPS) is 18.8. The van der Waals surface area contributed by atoms with Gasteiger partial charge in [-0.25, -0.2) is 0 Å². The largest absolute Gasteiger partial charge is 0.467 e. The van der Waals surface area contributed by atoms with E-state index in [9.17, 15) is 0 Å². The molecule has 2 atom stereocenters. The van der Waals surface area contributed by atoms with Crippen molar-refractivity contribution < 1.29 is 4.42 Å². The standard InChI is InChI=1S/C23H20N4OS/c29-23-25-21(19-11-4-5-13-24-19)22(27(23)17-8-2-1-3-9-17)20-12-6-14-26(20)16-18-10-7-15-28-18/h1-15,21-22H,16H2,(H,25,29)/t21-,22+/m0/s1. The average molecular weight is 401 g/mol. The van der Waals surface area contributed by atoms with E-state index < -0.39 is 0 Å². The van der Waals surface area contributed by atoms with Gasteiger partial charge in [0.2, 0.25) is 0 Å². The predicted molar refractivity (Wildman–Crippen MR) is 117 cm³/mol. The number of rotatable bonds is 5. The first-order chi connectivity index (χ1) is 14.3. The van der Waals surface area contributed by atoms with Crippen LogP contribution >= 0.6 is 12.2 Å². The van der Waals surface area contributed by atoms with Gasteiger partial charge in [-0.3, -0.25) is 4.98 Å². The molecule has 29 heavy (non-hydrogen) atoms. The van der Waals surface area contributed by atoms with Crippen LogP contribution < -0.4 is 10.2 Å². The number of hydrogen-bond acceptors (Lipinski definition) is 3. The van der Waals surface area contributed by atoms with E-state index in [2.05, 4.69) is 50.2 Å². The summed E-state index contributed by atoms with van der Waals surface area (Å²) in [6.45, 7) is 0.663. The molecule has 0 spiro atoms. The van der Waals surface area contributed by atoms with Gasteiger partial charge in [0.25, 0.3) is 0 Å². The minimum absolute atomic E-state index is 0.0373. The first-order valence-corrected chi connectivity index (χ1v) is 9.95. The van der Waals surface area contributed by atoms with Gasteiger partial charge in [-0.2, -0.15) is 0 Å². The molecule has 0 saturated carbocycles. The molecule has 3 aromatic heterocycles. The summed E-state index contributed by atoms with van der Waals surface area (Å²) in [6, 6.07) is 24.3. The summed E-state index contributed by atoms with van der Waals surface area (Å²) in [4.78, 5) is 6.80. The van der Waals surface area contributed by atoms with E-state index in [4.69, 9.17) is 16.6 Å². The molecule has 5 nitrogen and oxygen atoms in total. The van der Waals surface area contributed by atoms with E-state index in [1.165, 1.54) is 0 Å². The van der Waals surface area contributed by atoms with Crippen LogP contribution in [0.1, 0.15) is 29.2 Å². The topological polar surface area (TPSA) is 46.2 Å². The van der Waals surface area contributed by atoms with Crippen LogP contribution in [0.4, 0.5) is 5.69 Å². The third-order valence-electron chi connectivity index (χ3n) is 5.21. The van der Waals surface area contributed by atoms with Crippen LogP contribution in [0.3, 0.4) is 0 Å². The van der Waals surface area contributed by atoms with Gasteiger partial charge in [0.1, 0.15) is 11.8 Å². The molecule has 0 aliphatic carbocycles. The highest BCUT2D eigenvalue weighted by Gasteiger charge is 2.41. The van der Waals surface area contributed by atoms with E-state index in [-0.39, 0.29) is 12.1 Å². The van der Waals surface area contributed by atoms with Gasteiger partial charge < -0.3 is 19.2 Å². The number of hydrogen-bond donors (Lipinski definition) is 1. The number of thiocarbonyl (C=S) groups is 1. The molecule has 0 amide bonds. The van der Waals surface area contributed by atoms with E-state index >= 15 is 0 Å². The number of furan rings is 1. The Morgan fingerprint density at radius 1 is 0.966 bits per heavy atom. The maximum atomic E-state index is 5.77. The quantitative estimate of drug-likeness (QED) is 0.492. The van der Waals surface area contributed by atoms with E-state index in [0.717, 1.165) is 22.8 Å². The van der Waals surface area contributed by atoms with Crippen molar-refractivity contribution in [2.75, 3.05) is 4.90 Å². The summed E-state index contributed by atoms with van der Waals surface area (Å²) in [5.74, 6) is 0.914. The Labute approximate surface area is 174 Å². The van der Waals surface area contributed by atoms with Crippen molar-refractivity contribution in [3.05, 3.63) is 109 Å². The van der Waals surface area contributed by atoms with Crippen LogP contribution in [0.15, 0.2) is 95.9 Å². The second kappa shape index (κ2) is 7.56. The lowest BCUT2D eigenvalue weighted by Crippen LogP contribution is -2.30. The highest BCUT2D eigenvalue weighted by atomic mass is 32.1. The Balaban J connectivity index is 1.61. The monoisotopic (exact) mass is 400 g/mol. The number of nitrogens with zero attached hydrogens (tertiary/aromatic N) is 3. The number of pyridine rings is 1. The Bertz CT molecular complexity index is 1090. The first kappa shape index (κ1) is 17.7. The van der Waals surface area contributed by atoms with Gasteiger partial charge >= 0.3 is 0 Å². The first-order valence-electron chi connectivity index (χ1n) is 9.54. The Morgan fingerprint density at radius 3 is 2.59 bits per heavy atom. The predicted octanol–water partition coefficient (Wildman–Crippen LogP) is 4.70. The molecule has 1 aromatic carbocycles. The molecule has 1 aliphatic heterocycles. The number of para-hydroxylation sites is 1. The fourth-order valence-electron chi connectivity index (χ4n) is 3.93. The van der Waals surface area contributed by atoms with E-state index in [1.807, 2.05) is 54.7 Å². The van der Waals surface area contributed by atoms with Crippen LogP contribution in [-0.4, -0.2) is 14.7 Å². The highest BCUT2D eigenvalue weighted by Crippen LogP contribution is 2.41. The van der Waals surface area contributed by atoms with Crippen molar-refractivity contribution in [3.63, 3.8) is 0 Å². The fraction of sp³-hybridized carbons (Fsp3) is 0.130. The highest BCUT2D eigenvalue weighted by molar-refractivity contribution is 7.80. The van der Waals surface area contributed by atoms with Crippen LogP contribution in [0.25, 0.3) is 0 Å². The van der Waals surface area contributed by atoms with E-state index in [0.29, 0.717) is 11.7 Å². The summed E-state index contributed by atoms with van der Waals surface area (Å²) >= 11 is 5.77. The molecule has 6 heteroatoms.